The number of nitrogens with zero attached hydrogens (tertiary/aromatic N) is 3. The molecule has 0 saturated carbocycles. The van der Waals surface area contributed by atoms with Gasteiger partial charge in [0.15, 0.2) is 0 Å². The van der Waals surface area contributed by atoms with Crippen LogP contribution in [0.25, 0.3) is 145 Å². The van der Waals surface area contributed by atoms with Gasteiger partial charge < -0.3 is 4.57 Å². The highest BCUT2D eigenvalue weighted by Crippen LogP contribution is 2.51. The summed E-state index contributed by atoms with van der Waals surface area (Å²) < 4.78 is 4.79. The average molecular weight is 1080 g/mol. The molecule has 0 amide bonds. The average Bonchev–Trinajstić information content (AvgIpc) is 1.80. The first-order valence-corrected chi connectivity index (χ1v) is 29.4. The molecule has 0 saturated heterocycles. The Hall–Kier alpha value is -10.9. The molecular weight excluding hydrogens is 1030 g/mol. The Balaban J connectivity index is 0.852. The van der Waals surface area contributed by atoms with E-state index in [4.69, 9.17) is 4.98 Å². The number of aromatic nitrogens is 3. The molecule has 3 heteroatoms. The molecule has 0 bridgehead atoms. The molecule has 0 spiro atoms. The number of fused-ring (bicyclic) bond motifs is 7. The number of imidazole rings is 1. The second-order valence-corrected chi connectivity index (χ2v) is 23.2. The van der Waals surface area contributed by atoms with Crippen molar-refractivity contribution in [1.29, 1.82) is 0 Å². The van der Waals surface area contributed by atoms with Crippen LogP contribution < -0.4 is 0 Å². The van der Waals surface area contributed by atoms with Crippen LogP contribution >= 0.6 is 0 Å². The molecule has 16 rings (SSSR count). The molecule has 15 aromatic rings. The standard InChI is InChI=1S/C82H57N3/c1-82(2)75-34-17-15-32-71(75)73-52-74-72-33-16-19-36-78(72)84(80(74)53-76(73)82)69-40-38-58(39-41-69)81-83-77-35-18-20-37-79(77)85(81)70-31-21-30-59(51-70)64-48-67(65-44-60(54-22-7-3-8-23-54)42-61(45-65)55-24-9-4-10-25-55)50-68(49-64)66-46-62(56-26-11-5-12-27-56)43-63(47-66)57-28-13-6-14-29-57/h3-53H,1-2H3. The number of hydrogen-bond acceptors (Lipinski definition) is 1. The highest BCUT2D eigenvalue weighted by Gasteiger charge is 2.36. The Bertz CT molecular complexity index is 4790. The maximum atomic E-state index is 5.43. The van der Waals surface area contributed by atoms with E-state index in [2.05, 4.69) is 332 Å². The molecule has 1 aliphatic carbocycles. The molecule has 400 valence electrons. The Morgan fingerprint density at radius 2 is 0.682 bits per heavy atom. The summed E-state index contributed by atoms with van der Waals surface area (Å²) in [6, 6.07) is 114. The van der Waals surface area contributed by atoms with Crippen LogP contribution in [0.15, 0.2) is 309 Å². The molecule has 85 heavy (non-hydrogen) atoms. The maximum absolute atomic E-state index is 5.43. The van der Waals surface area contributed by atoms with Gasteiger partial charge in [-0.1, -0.05) is 202 Å². The molecular formula is C82H57N3. The highest BCUT2D eigenvalue weighted by atomic mass is 15.1. The fourth-order valence-corrected chi connectivity index (χ4v) is 13.4. The van der Waals surface area contributed by atoms with Gasteiger partial charge in [0.2, 0.25) is 0 Å². The third-order valence-corrected chi connectivity index (χ3v) is 17.7. The number of para-hydroxylation sites is 3. The van der Waals surface area contributed by atoms with Crippen LogP contribution in [-0.2, 0) is 5.41 Å². The number of hydrogen-bond donors (Lipinski definition) is 0. The predicted molar refractivity (Wildman–Crippen MR) is 356 cm³/mol. The van der Waals surface area contributed by atoms with E-state index in [0.717, 1.165) is 67.2 Å². The van der Waals surface area contributed by atoms with Crippen molar-refractivity contribution in [1.82, 2.24) is 14.1 Å². The van der Waals surface area contributed by atoms with Crippen LogP contribution in [0.3, 0.4) is 0 Å². The molecule has 0 fully saturated rings. The second kappa shape index (κ2) is 20.2. The molecule has 0 atom stereocenters. The lowest BCUT2D eigenvalue weighted by Gasteiger charge is -2.21. The lowest BCUT2D eigenvalue weighted by Crippen LogP contribution is -2.14. The lowest BCUT2D eigenvalue weighted by molar-refractivity contribution is 0.661. The van der Waals surface area contributed by atoms with E-state index < -0.39 is 0 Å². The van der Waals surface area contributed by atoms with Gasteiger partial charge in [0.25, 0.3) is 0 Å². The number of benzene rings is 13. The number of rotatable bonds is 10. The van der Waals surface area contributed by atoms with E-state index in [0.29, 0.717) is 0 Å². The zero-order chi connectivity index (χ0) is 56.6. The predicted octanol–water partition coefficient (Wildman–Crippen LogP) is 21.8. The second-order valence-electron chi connectivity index (χ2n) is 23.2. The van der Waals surface area contributed by atoms with E-state index in [1.54, 1.807) is 0 Å². The van der Waals surface area contributed by atoms with Crippen molar-refractivity contribution in [2.75, 3.05) is 0 Å². The molecule has 3 nitrogen and oxygen atoms in total. The zero-order valence-corrected chi connectivity index (χ0v) is 47.3. The zero-order valence-electron chi connectivity index (χ0n) is 47.3. The minimum atomic E-state index is -0.116. The highest BCUT2D eigenvalue weighted by molar-refractivity contribution is 6.12. The first kappa shape index (κ1) is 49.9. The summed E-state index contributed by atoms with van der Waals surface area (Å²) in [6.07, 6.45) is 0. The van der Waals surface area contributed by atoms with Gasteiger partial charge in [0.05, 0.1) is 22.1 Å². The normalized spacial score (nSPS) is 12.4. The van der Waals surface area contributed by atoms with Gasteiger partial charge in [-0.3, -0.25) is 4.57 Å². The first-order chi connectivity index (χ1) is 41.9. The summed E-state index contributed by atoms with van der Waals surface area (Å²) in [4.78, 5) is 5.43. The largest absolute Gasteiger partial charge is 0.309 e. The summed E-state index contributed by atoms with van der Waals surface area (Å²) in [5.74, 6) is 0.885. The smallest absolute Gasteiger partial charge is 0.145 e. The monoisotopic (exact) mass is 1080 g/mol. The van der Waals surface area contributed by atoms with Gasteiger partial charge in [-0.25, -0.2) is 4.98 Å². The van der Waals surface area contributed by atoms with Crippen molar-refractivity contribution in [3.8, 4) is 112 Å². The summed E-state index contributed by atoms with van der Waals surface area (Å²) in [5, 5.41) is 2.52. The van der Waals surface area contributed by atoms with Gasteiger partial charge in [-0.05, 0) is 221 Å². The van der Waals surface area contributed by atoms with Gasteiger partial charge in [0.1, 0.15) is 5.82 Å². The third-order valence-electron chi connectivity index (χ3n) is 17.7. The molecule has 0 radical (unpaired) electrons. The Morgan fingerprint density at radius 3 is 1.22 bits per heavy atom. The molecule has 13 aromatic carbocycles. The minimum absolute atomic E-state index is 0.116. The molecule has 0 unspecified atom stereocenters. The van der Waals surface area contributed by atoms with Gasteiger partial charge in [-0.2, -0.15) is 0 Å². The maximum Gasteiger partial charge on any atom is 0.145 e. The Kier molecular flexibility index (Phi) is 11.9. The molecule has 1 aliphatic rings. The van der Waals surface area contributed by atoms with Crippen LogP contribution in [-0.4, -0.2) is 14.1 Å². The van der Waals surface area contributed by atoms with Crippen molar-refractivity contribution < 1.29 is 0 Å². The molecule has 2 aromatic heterocycles. The van der Waals surface area contributed by atoms with Crippen molar-refractivity contribution in [3.63, 3.8) is 0 Å². The van der Waals surface area contributed by atoms with E-state index in [1.807, 2.05) is 0 Å². The van der Waals surface area contributed by atoms with Crippen LogP contribution in [0.5, 0.6) is 0 Å². The SMILES string of the molecule is CC1(C)c2ccccc2-c2cc3c4ccccc4n(-c4ccc(-c5nc6ccccc6n5-c5cccc(-c6cc(-c7cc(-c8ccccc8)cc(-c8ccccc8)c7)cc(-c7cc(-c8ccccc8)cc(-c8ccccc8)c7)c6)c5)cc4)c3cc21. The molecule has 0 N–H and O–H groups in total. The van der Waals surface area contributed by atoms with Gasteiger partial charge in [0, 0.05) is 33.1 Å². The van der Waals surface area contributed by atoms with Crippen molar-refractivity contribution in [3.05, 3.63) is 321 Å². The minimum Gasteiger partial charge on any atom is -0.309 e. The van der Waals surface area contributed by atoms with Crippen molar-refractivity contribution >= 4 is 32.8 Å². The lowest BCUT2D eigenvalue weighted by atomic mass is 9.82. The van der Waals surface area contributed by atoms with E-state index in [-0.39, 0.29) is 5.41 Å². The van der Waals surface area contributed by atoms with Crippen molar-refractivity contribution in [2.24, 2.45) is 0 Å². The summed E-state index contributed by atoms with van der Waals surface area (Å²) >= 11 is 0. The van der Waals surface area contributed by atoms with E-state index in [1.165, 1.54) is 88.6 Å². The van der Waals surface area contributed by atoms with Crippen LogP contribution in [0.4, 0.5) is 0 Å². The van der Waals surface area contributed by atoms with Crippen LogP contribution in [0.1, 0.15) is 25.0 Å². The fourth-order valence-electron chi connectivity index (χ4n) is 13.4. The van der Waals surface area contributed by atoms with E-state index in [9.17, 15) is 0 Å². The summed E-state index contributed by atoms with van der Waals surface area (Å²) in [5.41, 5.74) is 29.1. The summed E-state index contributed by atoms with van der Waals surface area (Å²) in [7, 11) is 0. The quantitative estimate of drug-likeness (QED) is 0.134. The Morgan fingerprint density at radius 1 is 0.247 bits per heavy atom. The molecule has 0 aliphatic heterocycles. The van der Waals surface area contributed by atoms with Crippen LogP contribution in [0.2, 0.25) is 0 Å². The van der Waals surface area contributed by atoms with Crippen molar-refractivity contribution in [2.45, 2.75) is 19.3 Å². The van der Waals surface area contributed by atoms with Gasteiger partial charge >= 0.3 is 0 Å². The fraction of sp³-hybridized carbons (Fsp3) is 0.0366. The molecule has 2 heterocycles. The first-order valence-electron chi connectivity index (χ1n) is 29.4. The summed E-state index contributed by atoms with van der Waals surface area (Å²) in [6.45, 7) is 4.73. The van der Waals surface area contributed by atoms with Crippen LogP contribution in [0, 0.1) is 0 Å². The Labute approximate surface area is 495 Å². The van der Waals surface area contributed by atoms with Gasteiger partial charge in [-0.15, -0.1) is 0 Å². The van der Waals surface area contributed by atoms with E-state index >= 15 is 0 Å². The topological polar surface area (TPSA) is 22.8 Å². The third kappa shape index (κ3) is 8.71.